The van der Waals surface area contributed by atoms with Gasteiger partial charge in [-0.25, -0.2) is 24.1 Å². The van der Waals surface area contributed by atoms with Crippen molar-refractivity contribution in [3.63, 3.8) is 0 Å². The highest BCUT2D eigenvalue weighted by Crippen LogP contribution is 2.38. The fraction of sp³-hybridized carbons (Fsp3) is 0.350. The first-order valence-electron chi connectivity index (χ1n) is 19.1. The van der Waals surface area contributed by atoms with Crippen LogP contribution in [0.25, 0.3) is 11.1 Å². The highest BCUT2D eigenvalue weighted by atomic mass is 32.1. The average Bonchev–Trinajstić information content (AvgIpc) is 4.04. The molecule has 0 spiro atoms. The van der Waals surface area contributed by atoms with Gasteiger partial charge in [0.05, 0.1) is 36.7 Å². The van der Waals surface area contributed by atoms with E-state index in [-0.39, 0.29) is 36.5 Å². The zero-order chi connectivity index (χ0) is 39.2. The molecule has 0 bridgehead atoms. The van der Waals surface area contributed by atoms with Crippen LogP contribution in [0.2, 0.25) is 0 Å². The maximum Gasteiger partial charge on any atom is 0.329 e. The third kappa shape index (κ3) is 7.12. The molecule has 292 valence electrons. The number of aromatic nitrogens is 5. The molecule has 4 aliphatic heterocycles. The van der Waals surface area contributed by atoms with Crippen LogP contribution in [0.3, 0.4) is 0 Å². The number of urea groups is 1. The second kappa shape index (κ2) is 15.1. The predicted molar refractivity (Wildman–Crippen MR) is 210 cm³/mol. The number of hydrogen-bond donors (Lipinski definition) is 2. The highest BCUT2D eigenvalue weighted by Gasteiger charge is 2.42. The average molecular weight is 790 g/mol. The van der Waals surface area contributed by atoms with Crippen molar-refractivity contribution in [1.82, 2.24) is 39.6 Å². The Morgan fingerprint density at radius 3 is 2.56 bits per heavy atom. The number of thiazole rings is 1. The van der Waals surface area contributed by atoms with Gasteiger partial charge in [-0.05, 0) is 68.1 Å². The van der Waals surface area contributed by atoms with Crippen LogP contribution in [0.5, 0.6) is 0 Å². The van der Waals surface area contributed by atoms with E-state index in [1.165, 1.54) is 27.2 Å². The molecule has 9 rings (SSSR count). The predicted octanol–water partition coefficient (Wildman–Crippen LogP) is 4.76. The summed E-state index contributed by atoms with van der Waals surface area (Å²) >= 11 is 1.28. The summed E-state index contributed by atoms with van der Waals surface area (Å²) in [6.07, 6.45) is 10.4. The molecule has 2 saturated heterocycles. The molecule has 5 aromatic rings. The molecule has 2 aromatic carbocycles. The number of carbonyl (C=O) groups excluding carboxylic acids is 4. The first kappa shape index (κ1) is 36.6. The van der Waals surface area contributed by atoms with Crippen molar-refractivity contribution in [2.24, 2.45) is 0 Å². The number of nitrogens with one attached hydrogen (secondary N) is 2. The van der Waals surface area contributed by atoms with Gasteiger partial charge in [0.2, 0.25) is 5.91 Å². The number of carbonyl (C=O) groups is 4. The standard InChI is InChI=1S/C40H40FN11O4S/c1-48(21-26-19-44-33(20-43-26)51-15-10-34(53)46-40(51)56)27-8-13-49(14-9-27)28-6-4-24(5-7-28)25-17-29-30(31(41)18-25)22-52(38(29)55)36(37(54)47-39-42-11-16-57-39)35-32-3-2-12-50(32)23-45-35/h4-7,11,16-20,23,27,36H,2-3,8-10,12-15,21-22H2,1H3,(H,42,47,54)(H,46,53,56). The molecule has 57 heavy (non-hydrogen) atoms. The molecule has 2 N–H and O–H groups in total. The lowest BCUT2D eigenvalue weighted by Crippen LogP contribution is -2.50. The first-order valence-corrected chi connectivity index (χ1v) is 19.9. The number of nitrogens with zero attached hydrogens (tertiary/aromatic N) is 9. The van der Waals surface area contributed by atoms with Crippen molar-refractivity contribution in [2.75, 3.05) is 41.8 Å². The maximum absolute atomic E-state index is 15.9. The van der Waals surface area contributed by atoms with Crippen molar-refractivity contribution in [3.8, 4) is 11.1 Å². The number of aryl methyl sites for hydroxylation is 1. The van der Waals surface area contributed by atoms with Crippen LogP contribution < -0.4 is 20.4 Å². The van der Waals surface area contributed by atoms with Gasteiger partial charge in [0, 0.05) is 79.3 Å². The fourth-order valence-electron chi connectivity index (χ4n) is 8.33. The lowest BCUT2D eigenvalue weighted by molar-refractivity contribution is -0.121. The van der Waals surface area contributed by atoms with E-state index in [9.17, 15) is 19.2 Å². The molecule has 0 aliphatic carbocycles. The smallest absolute Gasteiger partial charge is 0.329 e. The molecule has 1 unspecified atom stereocenters. The molecule has 17 heteroatoms. The minimum Gasteiger partial charge on any atom is -0.371 e. The Kier molecular flexibility index (Phi) is 9.70. The van der Waals surface area contributed by atoms with Gasteiger partial charge < -0.3 is 14.4 Å². The van der Waals surface area contributed by atoms with E-state index in [2.05, 4.69) is 47.4 Å². The third-order valence-electron chi connectivity index (χ3n) is 11.4. The number of benzene rings is 2. The van der Waals surface area contributed by atoms with Crippen molar-refractivity contribution < 1.29 is 23.6 Å². The van der Waals surface area contributed by atoms with Gasteiger partial charge in [-0.2, -0.15) is 0 Å². The van der Waals surface area contributed by atoms with Crippen LogP contribution in [0.1, 0.15) is 64.7 Å². The number of piperidine rings is 1. The topological polar surface area (TPSA) is 162 Å². The Bertz CT molecular complexity index is 2340. The van der Waals surface area contributed by atoms with E-state index >= 15 is 4.39 Å². The van der Waals surface area contributed by atoms with Crippen molar-refractivity contribution in [2.45, 2.75) is 63.8 Å². The quantitative estimate of drug-likeness (QED) is 0.202. The summed E-state index contributed by atoms with van der Waals surface area (Å²) in [5.74, 6) is -1.21. The van der Waals surface area contributed by atoms with E-state index in [1.807, 2.05) is 28.8 Å². The van der Waals surface area contributed by atoms with E-state index in [4.69, 9.17) is 0 Å². The number of imide groups is 1. The number of amides is 5. The molecule has 15 nitrogen and oxygen atoms in total. The minimum atomic E-state index is -1.04. The van der Waals surface area contributed by atoms with Crippen LogP contribution in [0.4, 0.5) is 25.8 Å². The fourth-order valence-corrected chi connectivity index (χ4v) is 8.86. The molecule has 3 aromatic heterocycles. The van der Waals surface area contributed by atoms with Crippen LogP contribution in [0.15, 0.2) is 66.7 Å². The summed E-state index contributed by atoms with van der Waals surface area (Å²) in [7, 11) is 2.08. The van der Waals surface area contributed by atoms with Crippen molar-refractivity contribution in [3.05, 3.63) is 101 Å². The second-order valence-electron chi connectivity index (χ2n) is 14.8. The molecule has 4 aliphatic rings. The summed E-state index contributed by atoms with van der Waals surface area (Å²) < 4.78 is 17.9. The van der Waals surface area contributed by atoms with Gasteiger partial charge in [-0.1, -0.05) is 12.1 Å². The first-order chi connectivity index (χ1) is 27.7. The highest BCUT2D eigenvalue weighted by molar-refractivity contribution is 7.13. The van der Waals surface area contributed by atoms with Gasteiger partial charge in [0.15, 0.2) is 17.0 Å². The number of hydrogen-bond acceptors (Lipinski definition) is 11. The lowest BCUT2D eigenvalue weighted by Gasteiger charge is -2.37. The number of anilines is 3. The minimum absolute atomic E-state index is 0.0465. The molecule has 5 amide bonds. The Morgan fingerprint density at radius 1 is 1.00 bits per heavy atom. The van der Waals surface area contributed by atoms with Gasteiger partial charge in [-0.15, -0.1) is 11.3 Å². The van der Waals surface area contributed by atoms with Crippen LogP contribution in [-0.4, -0.2) is 90.8 Å². The van der Waals surface area contributed by atoms with Crippen molar-refractivity contribution >= 4 is 51.7 Å². The second-order valence-corrected chi connectivity index (χ2v) is 15.7. The van der Waals surface area contributed by atoms with Crippen molar-refractivity contribution in [1.29, 1.82) is 0 Å². The largest absolute Gasteiger partial charge is 0.371 e. The van der Waals surface area contributed by atoms with Crippen LogP contribution >= 0.6 is 11.3 Å². The number of rotatable bonds is 10. The number of fused-ring (bicyclic) bond motifs is 2. The molecule has 1 atom stereocenters. The normalized spacial score (nSPS) is 17.6. The molecule has 0 saturated carbocycles. The van der Waals surface area contributed by atoms with Gasteiger partial charge in [-0.3, -0.25) is 39.8 Å². The number of imidazole rings is 1. The zero-order valence-electron chi connectivity index (χ0n) is 31.2. The summed E-state index contributed by atoms with van der Waals surface area (Å²) in [5, 5.41) is 7.32. The lowest BCUT2D eigenvalue weighted by atomic mass is 9.98. The Morgan fingerprint density at radius 2 is 1.82 bits per heavy atom. The van der Waals surface area contributed by atoms with E-state index in [0.717, 1.165) is 68.0 Å². The molecule has 7 heterocycles. The van der Waals surface area contributed by atoms with Crippen LogP contribution in [0, 0.1) is 5.82 Å². The summed E-state index contributed by atoms with van der Waals surface area (Å²) in [5.41, 5.74) is 5.18. The SMILES string of the molecule is CN(Cc1cnc(N2CCC(=O)NC2=O)cn1)C1CCN(c2ccc(-c3cc(F)c4c(c3)C(=O)N(C(C(=O)Nc3nccs3)c3ncn5c3CCC5)C4)cc2)CC1. The Hall–Kier alpha value is -6.07. The monoisotopic (exact) mass is 789 g/mol. The van der Waals surface area contributed by atoms with Gasteiger partial charge >= 0.3 is 6.03 Å². The molecular formula is C40H40FN11O4S. The maximum atomic E-state index is 15.9. The third-order valence-corrected chi connectivity index (χ3v) is 12.1. The zero-order valence-corrected chi connectivity index (χ0v) is 32.0. The van der Waals surface area contributed by atoms with Gasteiger partial charge in [0.25, 0.3) is 11.8 Å². The Balaban J connectivity index is 0.844. The van der Waals surface area contributed by atoms with Crippen LogP contribution in [-0.2, 0) is 35.6 Å². The molecule has 2 fully saturated rings. The molecule has 0 radical (unpaired) electrons. The summed E-state index contributed by atoms with van der Waals surface area (Å²) in [6.45, 7) is 3.36. The van der Waals surface area contributed by atoms with E-state index < -0.39 is 29.7 Å². The summed E-state index contributed by atoms with van der Waals surface area (Å²) in [6, 6.07) is 10.0. The number of halogens is 1. The Labute approximate surface area is 331 Å². The summed E-state index contributed by atoms with van der Waals surface area (Å²) in [4.78, 5) is 76.7. The van der Waals surface area contributed by atoms with Gasteiger partial charge in [0.1, 0.15) is 5.82 Å². The van der Waals surface area contributed by atoms with E-state index in [1.54, 1.807) is 36.4 Å². The van der Waals surface area contributed by atoms with E-state index in [0.29, 0.717) is 34.8 Å². The molecular weight excluding hydrogens is 750 g/mol.